The van der Waals surface area contributed by atoms with Crippen molar-refractivity contribution in [1.82, 2.24) is 10.3 Å². The molecule has 1 aromatic heterocycles. The van der Waals surface area contributed by atoms with Crippen LogP contribution in [0.4, 0.5) is 0 Å². The number of aromatic amines is 1. The molecule has 1 atom stereocenters. The van der Waals surface area contributed by atoms with E-state index < -0.39 is 5.54 Å². The third kappa shape index (κ3) is 1.07. The number of hydrogen-bond donors (Lipinski definition) is 2. The lowest BCUT2D eigenvalue weighted by Gasteiger charge is -2.21. The molecule has 0 aromatic carbocycles. The minimum Gasteiger partial charge on any atom is -0.378 e. The molecule has 0 aliphatic carbocycles. The third-order valence-corrected chi connectivity index (χ3v) is 3.02. The van der Waals surface area contributed by atoms with E-state index in [4.69, 9.17) is 4.74 Å². The highest BCUT2D eigenvalue weighted by molar-refractivity contribution is 5.99. The van der Waals surface area contributed by atoms with Crippen LogP contribution in [0.2, 0.25) is 0 Å². The van der Waals surface area contributed by atoms with E-state index in [1.807, 2.05) is 0 Å². The first-order valence-electron chi connectivity index (χ1n) is 4.85. The second-order valence-corrected chi connectivity index (χ2v) is 3.95. The summed E-state index contributed by atoms with van der Waals surface area (Å²) in [6.45, 7) is 1.04. The van der Waals surface area contributed by atoms with Crippen molar-refractivity contribution in [3.8, 4) is 0 Å². The van der Waals surface area contributed by atoms with E-state index in [9.17, 15) is 9.59 Å². The normalized spacial score (nSPS) is 28.1. The fourth-order valence-electron chi connectivity index (χ4n) is 2.25. The van der Waals surface area contributed by atoms with Crippen LogP contribution in [-0.2, 0) is 10.3 Å². The number of amides is 1. The van der Waals surface area contributed by atoms with Crippen LogP contribution in [0, 0.1) is 0 Å². The van der Waals surface area contributed by atoms with Gasteiger partial charge in [0.05, 0.1) is 17.9 Å². The summed E-state index contributed by atoms with van der Waals surface area (Å²) in [5, 5.41) is 2.89. The first kappa shape index (κ1) is 8.67. The Morgan fingerprint density at radius 3 is 2.93 bits per heavy atom. The Labute approximate surface area is 85.5 Å². The van der Waals surface area contributed by atoms with Gasteiger partial charge >= 0.3 is 0 Å². The summed E-state index contributed by atoms with van der Waals surface area (Å²) < 4.78 is 5.29. The van der Waals surface area contributed by atoms with E-state index in [1.54, 1.807) is 6.07 Å². The Kier molecular flexibility index (Phi) is 1.56. The molecular formula is C10H10N2O3. The van der Waals surface area contributed by atoms with Crippen molar-refractivity contribution < 1.29 is 9.53 Å². The maximum Gasteiger partial charge on any atom is 0.253 e. The van der Waals surface area contributed by atoms with Gasteiger partial charge in [-0.05, 0) is 6.07 Å². The zero-order valence-electron chi connectivity index (χ0n) is 8.00. The minimum atomic E-state index is -0.493. The molecule has 5 heteroatoms. The fourth-order valence-corrected chi connectivity index (χ4v) is 2.25. The standard InChI is InChI=1S/C10H10N2O3/c13-7-2-1-6-8(11-7)10(12-9(6)14)3-4-15-5-10/h1-2H,3-5H2,(H,11,13)(H,12,14). The summed E-state index contributed by atoms with van der Waals surface area (Å²) in [5.41, 5.74) is 0.557. The Morgan fingerprint density at radius 1 is 1.33 bits per heavy atom. The third-order valence-electron chi connectivity index (χ3n) is 3.02. The largest absolute Gasteiger partial charge is 0.378 e. The van der Waals surface area contributed by atoms with Crippen molar-refractivity contribution in [3.05, 3.63) is 33.7 Å². The molecule has 2 N–H and O–H groups in total. The van der Waals surface area contributed by atoms with Crippen LogP contribution in [0.1, 0.15) is 22.5 Å². The molecule has 0 saturated carbocycles. The van der Waals surface area contributed by atoms with Crippen LogP contribution in [0.15, 0.2) is 16.9 Å². The molecule has 1 saturated heterocycles. The highest BCUT2D eigenvalue weighted by atomic mass is 16.5. The van der Waals surface area contributed by atoms with Gasteiger partial charge in [-0.15, -0.1) is 0 Å². The van der Waals surface area contributed by atoms with E-state index in [2.05, 4.69) is 10.3 Å². The fraction of sp³-hybridized carbons (Fsp3) is 0.400. The monoisotopic (exact) mass is 206 g/mol. The van der Waals surface area contributed by atoms with Crippen LogP contribution < -0.4 is 10.9 Å². The smallest absolute Gasteiger partial charge is 0.253 e. The molecule has 0 bridgehead atoms. The summed E-state index contributed by atoms with van der Waals surface area (Å²) >= 11 is 0. The van der Waals surface area contributed by atoms with Gasteiger partial charge in [0.25, 0.3) is 5.91 Å². The molecule has 1 spiro atoms. The van der Waals surface area contributed by atoms with Crippen molar-refractivity contribution in [3.63, 3.8) is 0 Å². The first-order chi connectivity index (χ1) is 7.21. The van der Waals surface area contributed by atoms with Gasteiger partial charge in [-0.1, -0.05) is 0 Å². The molecule has 2 aliphatic heterocycles. The van der Waals surface area contributed by atoms with Crippen molar-refractivity contribution in [2.45, 2.75) is 12.0 Å². The second-order valence-electron chi connectivity index (χ2n) is 3.95. The number of carbonyl (C=O) groups excluding carboxylic acids is 1. The van der Waals surface area contributed by atoms with Gasteiger partial charge in [-0.25, -0.2) is 0 Å². The summed E-state index contributed by atoms with van der Waals surface area (Å²) in [6, 6.07) is 2.93. The lowest BCUT2D eigenvalue weighted by molar-refractivity contribution is 0.0914. The number of aromatic nitrogens is 1. The summed E-state index contributed by atoms with van der Waals surface area (Å²) in [4.78, 5) is 25.6. The Morgan fingerprint density at radius 2 is 2.20 bits per heavy atom. The van der Waals surface area contributed by atoms with Gasteiger partial charge in [0.15, 0.2) is 0 Å². The zero-order chi connectivity index (χ0) is 10.5. The molecule has 15 heavy (non-hydrogen) atoms. The van der Waals surface area contributed by atoms with Gasteiger partial charge < -0.3 is 15.0 Å². The Bertz CT molecular complexity index is 486. The number of nitrogens with one attached hydrogen (secondary N) is 2. The van der Waals surface area contributed by atoms with E-state index >= 15 is 0 Å². The number of ether oxygens (including phenoxy) is 1. The number of hydrogen-bond acceptors (Lipinski definition) is 3. The number of rotatable bonds is 0. The van der Waals surface area contributed by atoms with Crippen LogP contribution in [0.3, 0.4) is 0 Å². The van der Waals surface area contributed by atoms with Gasteiger partial charge in [0.1, 0.15) is 5.54 Å². The first-order valence-corrected chi connectivity index (χ1v) is 4.85. The molecular weight excluding hydrogens is 196 g/mol. The molecule has 5 nitrogen and oxygen atoms in total. The number of fused-ring (bicyclic) bond motifs is 2. The predicted molar refractivity (Wildman–Crippen MR) is 51.6 cm³/mol. The van der Waals surface area contributed by atoms with Gasteiger partial charge in [-0.2, -0.15) is 0 Å². The molecule has 0 radical (unpaired) electrons. The molecule has 1 unspecified atom stereocenters. The quantitative estimate of drug-likeness (QED) is 0.614. The molecule has 1 fully saturated rings. The SMILES string of the molecule is O=C1NC2(CCOC2)c2[nH]c(=O)ccc21. The maximum atomic E-state index is 11.6. The maximum absolute atomic E-state index is 11.6. The average molecular weight is 206 g/mol. The molecule has 3 heterocycles. The molecule has 2 aliphatic rings. The second kappa shape index (κ2) is 2.70. The summed E-state index contributed by atoms with van der Waals surface area (Å²) in [5.74, 6) is -0.133. The lowest BCUT2D eigenvalue weighted by Crippen LogP contribution is -2.40. The topological polar surface area (TPSA) is 71.2 Å². The Hall–Kier alpha value is -1.62. The van der Waals surface area contributed by atoms with E-state index in [1.165, 1.54) is 6.07 Å². The highest BCUT2D eigenvalue weighted by Gasteiger charge is 2.46. The minimum absolute atomic E-state index is 0.133. The van der Waals surface area contributed by atoms with Crippen LogP contribution in [0.25, 0.3) is 0 Å². The zero-order valence-corrected chi connectivity index (χ0v) is 8.00. The lowest BCUT2D eigenvalue weighted by atomic mass is 9.95. The number of pyridine rings is 1. The summed E-state index contributed by atoms with van der Waals surface area (Å²) in [7, 11) is 0. The van der Waals surface area contributed by atoms with E-state index in [0.29, 0.717) is 30.9 Å². The number of carbonyl (C=O) groups is 1. The van der Waals surface area contributed by atoms with Crippen LogP contribution >= 0.6 is 0 Å². The van der Waals surface area contributed by atoms with Crippen LogP contribution in [-0.4, -0.2) is 24.1 Å². The predicted octanol–water partition coefficient (Wildman–Crippen LogP) is -0.266. The van der Waals surface area contributed by atoms with Crippen molar-refractivity contribution in [2.24, 2.45) is 0 Å². The summed E-state index contributed by atoms with van der Waals surface area (Å²) in [6.07, 6.45) is 0.714. The highest BCUT2D eigenvalue weighted by Crippen LogP contribution is 2.35. The van der Waals surface area contributed by atoms with Gasteiger partial charge in [0.2, 0.25) is 5.56 Å². The number of H-pyrrole nitrogens is 1. The molecule has 3 rings (SSSR count). The van der Waals surface area contributed by atoms with E-state index in [0.717, 1.165) is 0 Å². The van der Waals surface area contributed by atoms with Crippen molar-refractivity contribution in [1.29, 1.82) is 0 Å². The Balaban J connectivity index is 2.23. The van der Waals surface area contributed by atoms with Crippen LogP contribution in [0.5, 0.6) is 0 Å². The molecule has 1 amide bonds. The van der Waals surface area contributed by atoms with Gasteiger partial charge in [-0.3, -0.25) is 9.59 Å². The molecule has 78 valence electrons. The molecule has 1 aromatic rings. The van der Waals surface area contributed by atoms with Crippen molar-refractivity contribution >= 4 is 5.91 Å². The average Bonchev–Trinajstić information content (AvgIpc) is 2.76. The van der Waals surface area contributed by atoms with Crippen molar-refractivity contribution in [2.75, 3.05) is 13.2 Å². The van der Waals surface area contributed by atoms with E-state index in [-0.39, 0.29) is 11.5 Å². The van der Waals surface area contributed by atoms with Gasteiger partial charge in [0, 0.05) is 19.1 Å².